The van der Waals surface area contributed by atoms with E-state index in [1.54, 1.807) is 18.3 Å². The van der Waals surface area contributed by atoms with Crippen LogP contribution in [-0.4, -0.2) is 52.7 Å². The van der Waals surface area contributed by atoms with Crippen LogP contribution in [0.2, 0.25) is 0 Å². The second kappa shape index (κ2) is 9.23. The SMILES string of the molecule is Cc1cccc(F)c1Cn1c(=O)ccc2cnc(Nc3ccc(N4CCN(C)CC4)cc3)nc21. The molecule has 0 atom stereocenters. The molecule has 8 heteroatoms. The van der Waals surface area contributed by atoms with Crippen LogP contribution in [0.5, 0.6) is 0 Å². The smallest absolute Gasteiger partial charge is 0.252 e. The van der Waals surface area contributed by atoms with Crippen molar-refractivity contribution in [2.75, 3.05) is 43.4 Å². The van der Waals surface area contributed by atoms with E-state index < -0.39 is 0 Å². The van der Waals surface area contributed by atoms with Crippen LogP contribution >= 0.6 is 0 Å². The highest BCUT2D eigenvalue weighted by Gasteiger charge is 2.15. The summed E-state index contributed by atoms with van der Waals surface area (Å²) >= 11 is 0. The Morgan fingerprint density at radius 3 is 2.50 bits per heavy atom. The summed E-state index contributed by atoms with van der Waals surface area (Å²) in [7, 11) is 2.14. The van der Waals surface area contributed by atoms with Gasteiger partial charge in [-0.3, -0.25) is 9.36 Å². The molecule has 0 spiro atoms. The third kappa shape index (κ3) is 4.49. The van der Waals surface area contributed by atoms with Gasteiger partial charge < -0.3 is 15.1 Å². The summed E-state index contributed by atoms with van der Waals surface area (Å²) < 4.78 is 15.9. The Kier molecular flexibility index (Phi) is 5.98. The van der Waals surface area contributed by atoms with Crippen molar-refractivity contribution in [3.05, 3.63) is 88.1 Å². The molecular formula is C26H27FN6O. The number of anilines is 3. The molecule has 0 saturated carbocycles. The quantitative estimate of drug-likeness (QED) is 0.491. The van der Waals surface area contributed by atoms with Gasteiger partial charge in [-0.05, 0) is 55.9 Å². The fourth-order valence-electron chi connectivity index (χ4n) is 4.26. The van der Waals surface area contributed by atoms with Crippen LogP contribution < -0.4 is 15.8 Å². The molecule has 5 rings (SSSR count). The summed E-state index contributed by atoms with van der Waals surface area (Å²) in [6, 6.07) is 16.2. The zero-order valence-corrected chi connectivity index (χ0v) is 19.3. The molecule has 2 aromatic heterocycles. The molecule has 34 heavy (non-hydrogen) atoms. The number of hydrogen-bond acceptors (Lipinski definition) is 6. The number of nitrogens with zero attached hydrogens (tertiary/aromatic N) is 5. The van der Waals surface area contributed by atoms with Crippen molar-refractivity contribution in [2.24, 2.45) is 0 Å². The number of piperazine rings is 1. The van der Waals surface area contributed by atoms with Crippen molar-refractivity contribution >= 4 is 28.4 Å². The van der Waals surface area contributed by atoms with Gasteiger partial charge in [0.2, 0.25) is 5.95 Å². The predicted octanol–water partition coefficient (Wildman–Crippen LogP) is 3.78. The van der Waals surface area contributed by atoms with Crippen LogP contribution in [0.4, 0.5) is 21.7 Å². The normalized spacial score (nSPS) is 14.5. The number of nitrogens with one attached hydrogen (secondary N) is 1. The number of aryl methyl sites for hydroxylation is 1. The summed E-state index contributed by atoms with van der Waals surface area (Å²) in [6.45, 7) is 6.07. The highest BCUT2D eigenvalue weighted by molar-refractivity contribution is 5.76. The second-order valence-electron chi connectivity index (χ2n) is 8.73. The lowest BCUT2D eigenvalue weighted by molar-refractivity contribution is 0.313. The predicted molar refractivity (Wildman–Crippen MR) is 133 cm³/mol. The monoisotopic (exact) mass is 458 g/mol. The Morgan fingerprint density at radius 1 is 1.00 bits per heavy atom. The molecule has 1 aliphatic heterocycles. The van der Waals surface area contributed by atoms with Crippen molar-refractivity contribution in [2.45, 2.75) is 13.5 Å². The van der Waals surface area contributed by atoms with Gasteiger partial charge in [-0.15, -0.1) is 0 Å². The Labute approximate surface area is 197 Å². The molecule has 2 aromatic carbocycles. The number of hydrogen-bond donors (Lipinski definition) is 1. The topological polar surface area (TPSA) is 66.3 Å². The lowest BCUT2D eigenvalue weighted by atomic mass is 10.1. The number of rotatable bonds is 5. The number of pyridine rings is 1. The Hall–Kier alpha value is -3.78. The fourth-order valence-corrected chi connectivity index (χ4v) is 4.26. The van der Waals surface area contributed by atoms with E-state index in [4.69, 9.17) is 0 Å². The maximum atomic E-state index is 14.5. The average molecular weight is 459 g/mol. The van der Waals surface area contributed by atoms with E-state index in [0.717, 1.165) is 37.4 Å². The van der Waals surface area contributed by atoms with Gasteiger partial charge in [-0.2, -0.15) is 4.98 Å². The molecule has 1 N–H and O–H groups in total. The van der Waals surface area contributed by atoms with E-state index in [1.807, 2.05) is 25.1 Å². The number of benzene rings is 2. The van der Waals surface area contributed by atoms with Crippen molar-refractivity contribution in [1.29, 1.82) is 0 Å². The van der Waals surface area contributed by atoms with Gasteiger partial charge in [0.25, 0.3) is 5.56 Å². The van der Waals surface area contributed by atoms with Crippen LogP contribution in [-0.2, 0) is 6.54 Å². The first-order chi connectivity index (χ1) is 16.5. The summed E-state index contributed by atoms with van der Waals surface area (Å²) in [5, 5.41) is 3.94. The second-order valence-corrected chi connectivity index (χ2v) is 8.73. The van der Waals surface area contributed by atoms with E-state index in [1.165, 1.54) is 22.4 Å². The van der Waals surface area contributed by atoms with Crippen molar-refractivity contribution in [3.8, 4) is 0 Å². The molecule has 1 aliphatic rings. The van der Waals surface area contributed by atoms with Gasteiger partial charge in [0.1, 0.15) is 11.5 Å². The summed E-state index contributed by atoms with van der Waals surface area (Å²) in [4.78, 5) is 26.4. The van der Waals surface area contributed by atoms with Crippen molar-refractivity contribution < 1.29 is 4.39 Å². The molecule has 0 unspecified atom stereocenters. The molecule has 3 heterocycles. The first-order valence-corrected chi connectivity index (χ1v) is 11.4. The molecule has 1 saturated heterocycles. The van der Waals surface area contributed by atoms with E-state index in [9.17, 15) is 9.18 Å². The zero-order chi connectivity index (χ0) is 23.7. The maximum Gasteiger partial charge on any atom is 0.252 e. The molecule has 0 radical (unpaired) electrons. The molecule has 0 bridgehead atoms. The van der Waals surface area contributed by atoms with E-state index in [-0.39, 0.29) is 17.9 Å². The molecule has 174 valence electrons. The molecule has 7 nitrogen and oxygen atoms in total. The minimum atomic E-state index is -0.336. The van der Waals surface area contributed by atoms with Gasteiger partial charge >= 0.3 is 0 Å². The van der Waals surface area contributed by atoms with E-state index >= 15 is 0 Å². The van der Waals surface area contributed by atoms with Crippen LogP contribution in [0.3, 0.4) is 0 Å². The highest BCUT2D eigenvalue weighted by atomic mass is 19.1. The van der Waals surface area contributed by atoms with Gasteiger partial charge in [0, 0.05) is 60.8 Å². The Bertz CT molecular complexity index is 1360. The highest BCUT2D eigenvalue weighted by Crippen LogP contribution is 2.22. The molecule has 4 aromatic rings. The van der Waals surface area contributed by atoms with Gasteiger partial charge in [-0.1, -0.05) is 12.1 Å². The number of likely N-dealkylation sites (N-methyl/N-ethyl adjacent to an activating group) is 1. The fraction of sp³-hybridized carbons (Fsp3) is 0.269. The maximum absolute atomic E-state index is 14.5. The standard InChI is InChI=1S/C26H27FN6O/c1-18-4-3-5-23(27)22(18)17-33-24(34)11-6-19-16-28-26(30-25(19)33)29-20-7-9-21(10-8-20)32-14-12-31(2)13-15-32/h3-11,16H,12-15,17H2,1-2H3,(H,28,29,30). The van der Waals surface area contributed by atoms with Crippen LogP contribution in [0.25, 0.3) is 11.0 Å². The van der Waals surface area contributed by atoms with E-state index in [0.29, 0.717) is 22.5 Å². The molecule has 0 aliphatic carbocycles. The lowest BCUT2D eigenvalue weighted by Gasteiger charge is -2.34. The van der Waals surface area contributed by atoms with Gasteiger partial charge in [-0.25, -0.2) is 9.37 Å². The molecular weight excluding hydrogens is 431 g/mol. The van der Waals surface area contributed by atoms with Crippen molar-refractivity contribution in [3.63, 3.8) is 0 Å². The van der Waals surface area contributed by atoms with Crippen molar-refractivity contribution in [1.82, 2.24) is 19.4 Å². The van der Waals surface area contributed by atoms with E-state index in [2.05, 4.69) is 44.3 Å². The first-order valence-electron chi connectivity index (χ1n) is 11.4. The average Bonchev–Trinajstić information content (AvgIpc) is 2.84. The summed E-state index contributed by atoms with van der Waals surface area (Å²) in [6.07, 6.45) is 1.67. The minimum Gasteiger partial charge on any atom is -0.369 e. The summed E-state index contributed by atoms with van der Waals surface area (Å²) in [5.41, 5.74) is 3.53. The van der Waals surface area contributed by atoms with Crippen LogP contribution in [0, 0.1) is 12.7 Å². The minimum absolute atomic E-state index is 0.102. The molecule has 1 fully saturated rings. The first kappa shape index (κ1) is 22.0. The largest absolute Gasteiger partial charge is 0.369 e. The molecule has 0 amide bonds. The van der Waals surface area contributed by atoms with Gasteiger partial charge in [0.15, 0.2) is 0 Å². The number of halogens is 1. The Morgan fingerprint density at radius 2 is 1.76 bits per heavy atom. The van der Waals surface area contributed by atoms with Crippen LogP contribution in [0.15, 0.2) is 65.6 Å². The summed E-state index contributed by atoms with van der Waals surface area (Å²) in [5.74, 6) is 0.0428. The number of fused-ring (bicyclic) bond motifs is 1. The van der Waals surface area contributed by atoms with Gasteiger partial charge in [0.05, 0.1) is 6.54 Å². The third-order valence-corrected chi connectivity index (χ3v) is 6.38. The third-order valence-electron chi connectivity index (χ3n) is 6.38. The number of aromatic nitrogens is 3. The Balaban J connectivity index is 1.41. The zero-order valence-electron chi connectivity index (χ0n) is 19.3. The van der Waals surface area contributed by atoms with Crippen LogP contribution in [0.1, 0.15) is 11.1 Å². The lowest BCUT2D eigenvalue weighted by Crippen LogP contribution is -2.44.